The Morgan fingerprint density at radius 3 is 1.98 bits per heavy atom. The molecule has 0 N–H and O–H groups in total. The smallest absolute Gasteiger partial charge is 0.0544 e. The van der Waals surface area contributed by atoms with Crippen LogP contribution in [0.5, 0.6) is 0 Å². The van der Waals surface area contributed by atoms with Crippen molar-refractivity contribution in [1.29, 1.82) is 0 Å². The number of rotatable bonds is 3. The molecule has 0 amide bonds. The Balaban J connectivity index is 1.45. The second-order valence-electron chi connectivity index (χ2n) is 11.9. The molecule has 1 aromatic heterocycles. The van der Waals surface area contributed by atoms with Gasteiger partial charge >= 0.3 is 0 Å². The van der Waals surface area contributed by atoms with Crippen LogP contribution in [0.4, 0.5) is 0 Å². The van der Waals surface area contributed by atoms with Crippen LogP contribution >= 0.6 is 0 Å². The molecule has 0 saturated heterocycles. The molecule has 0 bridgehead atoms. The number of hydrogen-bond acceptors (Lipinski definition) is 0. The highest BCUT2D eigenvalue weighted by atomic mass is 15.0. The van der Waals surface area contributed by atoms with Crippen molar-refractivity contribution in [2.45, 2.75) is 26.2 Å². The topological polar surface area (TPSA) is 4.93 Å². The summed E-state index contributed by atoms with van der Waals surface area (Å²) < 4.78 is 2.47. The van der Waals surface area contributed by atoms with Gasteiger partial charge in [0.1, 0.15) is 0 Å². The average Bonchev–Trinajstić information content (AvgIpc) is 3.45. The highest BCUT2D eigenvalue weighted by molar-refractivity contribution is 6.12. The molecule has 1 nitrogen and oxygen atoms in total. The van der Waals surface area contributed by atoms with E-state index in [-0.39, 0.29) is 5.41 Å². The zero-order chi connectivity index (χ0) is 27.7. The fourth-order valence-electron chi connectivity index (χ4n) is 6.95. The van der Waals surface area contributed by atoms with Gasteiger partial charge in [0.15, 0.2) is 0 Å². The molecule has 0 spiro atoms. The van der Waals surface area contributed by atoms with Crippen molar-refractivity contribution in [2.24, 2.45) is 0 Å². The van der Waals surface area contributed by atoms with Gasteiger partial charge in [-0.3, -0.25) is 0 Å². The zero-order valence-electron chi connectivity index (χ0n) is 23.6. The van der Waals surface area contributed by atoms with E-state index in [9.17, 15) is 0 Å². The molecule has 41 heavy (non-hydrogen) atoms. The fraction of sp³-hybridized carbons (Fsp3) is 0.100. The predicted molar refractivity (Wildman–Crippen MR) is 174 cm³/mol. The zero-order valence-corrected chi connectivity index (χ0v) is 23.6. The molecule has 1 aliphatic carbocycles. The van der Waals surface area contributed by atoms with E-state index in [0.29, 0.717) is 0 Å². The van der Waals surface area contributed by atoms with E-state index in [1.165, 1.54) is 77.6 Å². The Morgan fingerprint density at radius 1 is 0.463 bits per heavy atom. The van der Waals surface area contributed by atoms with Crippen LogP contribution in [0.15, 0.2) is 133 Å². The number of fused-ring (bicyclic) bond motifs is 6. The van der Waals surface area contributed by atoms with Gasteiger partial charge in [-0.25, -0.2) is 0 Å². The van der Waals surface area contributed by atoms with E-state index < -0.39 is 0 Å². The summed E-state index contributed by atoms with van der Waals surface area (Å²) in [6.07, 6.45) is 0. The number of benzene rings is 6. The Labute approximate surface area is 241 Å². The number of nitrogens with zero attached hydrogens (tertiary/aromatic N) is 1. The SMILES string of the molecule is Cc1cccc(-c2ccc3c(c2)c2cc4c(cc2n3-c2cccc(-c3ccccc3)c2)C(C)(C)c2ccccc2-4)c1. The molecular formula is C40H31N. The third-order valence-electron chi connectivity index (χ3n) is 9.03. The minimum Gasteiger partial charge on any atom is -0.309 e. The summed E-state index contributed by atoms with van der Waals surface area (Å²) in [6, 6.07) is 49.3. The van der Waals surface area contributed by atoms with E-state index in [1.54, 1.807) is 0 Å². The summed E-state index contributed by atoms with van der Waals surface area (Å²) in [6.45, 7) is 6.89. The molecule has 0 fully saturated rings. The van der Waals surface area contributed by atoms with Gasteiger partial charge in [0.05, 0.1) is 11.0 Å². The Morgan fingerprint density at radius 2 is 1.15 bits per heavy atom. The molecule has 0 radical (unpaired) electrons. The van der Waals surface area contributed by atoms with Gasteiger partial charge in [0.2, 0.25) is 0 Å². The van der Waals surface area contributed by atoms with Crippen LogP contribution < -0.4 is 0 Å². The number of aromatic nitrogens is 1. The first-order valence-corrected chi connectivity index (χ1v) is 14.4. The second kappa shape index (κ2) is 8.81. The molecule has 7 aromatic rings. The van der Waals surface area contributed by atoms with E-state index in [4.69, 9.17) is 0 Å². The molecule has 1 heterocycles. The van der Waals surface area contributed by atoms with Gasteiger partial charge in [0, 0.05) is 21.9 Å². The molecule has 0 saturated carbocycles. The van der Waals surface area contributed by atoms with E-state index in [2.05, 4.69) is 159 Å². The molecular weight excluding hydrogens is 494 g/mol. The van der Waals surface area contributed by atoms with Crippen molar-refractivity contribution in [3.05, 3.63) is 150 Å². The van der Waals surface area contributed by atoms with E-state index in [0.717, 1.165) is 0 Å². The van der Waals surface area contributed by atoms with E-state index >= 15 is 0 Å². The average molecular weight is 526 g/mol. The van der Waals surface area contributed by atoms with Gasteiger partial charge in [-0.15, -0.1) is 0 Å². The lowest BCUT2D eigenvalue weighted by atomic mass is 9.82. The highest BCUT2D eigenvalue weighted by Gasteiger charge is 2.36. The summed E-state index contributed by atoms with van der Waals surface area (Å²) in [5.74, 6) is 0. The van der Waals surface area contributed by atoms with Crippen molar-refractivity contribution in [1.82, 2.24) is 4.57 Å². The first-order chi connectivity index (χ1) is 20.0. The van der Waals surface area contributed by atoms with Crippen LogP contribution in [-0.2, 0) is 5.41 Å². The summed E-state index contributed by atoms with van der Waals surface area (Å²) >= 11 is 0. The minimum atomic E-state index is -0.0555. The van der Waals surface area contributed by atoms with Crippen LogP contribution in [-0.4, -0.2) is 4.57 Å². The number of aryl methyl sites for hydroxylation is 1. The van der Waals surface area contributed by atoms with Crippen molar-refractivity contribution < 1.29 is 0 Å². The van der Waals surface area contributed by atoms with Gasteiger partial charge in [-0.1, -0.05) is 116 Å². The Hall–Kier alpha value is -4.88. The molecule has 0 atom stereocenters. The lowest BCUT2D eigenvalue weighted by Gasteiger charge is -2.21. The Kier molecular flexibility index (Phi) is 5.15. The quantitative estimate of drug-likeness (QED) is 0.216. The molecule has 8 rings (SSSR count). The monoisotopic (exact) mass is 525 g/mol. The van der Waals surface area contributed by atoms with Gasteiger partial charge in [-0.2, -0.15) is 0 Å². The summed E-state index contributed by atoms with van der Waals surface area (Å²) in [5, 5.41) is 2.58. The molecule has 196 valence electrons. The van der Waals surface area contributed by atoms with Crippen LogP contribution in [0.1, 0.15) is 30.5 Å². The summed E-state index contributed by atoms with van der Waals surface area (Å²) in [5.41, 5.74) is 15.4. The Bertz CT molecular complexity index is 2120. The van der Waals surface area contributed by atoms with Crippen LogP contribution in [0, 0.1) is 6.92 Å². The van der Waals surface area contributed by atoms with E-state index in [1.807, 2.05) is 0 Å². The van der Waals surface area contributed by atoms with Gasteiger partial charge in [0.25, 0.3) is 0 Å². The van der Waals surface area contributed by atoms with Crippen LogP contribution in [0.25, 0.3) is 60.9 Å². The highest BCUT2D eigenvalue weighted by Crippen LogP contribution is 2.51. The summed E-state index contributed by atoms with van der Waals surface area (Å²) in [7, 11) is 0. The third kappa shape index (κ3) is 3.62. The van der Waals surface area contributed by atoms with Crippen LogP contribution in [0.2, 0.25) is 0 Å². The lowest BCUT2D eigenvalue weighted by molar-refractivity contribution is 0.661. The number of hydrogen-bond donors (Lipinski definition) is 0. The van der Waals surface area contributed by atoms with Crippen molar-refractivity contribution in [3.63, 3.8) is 0 Å². The lowest BCUT2D eigenvalue weighted by Crippen LogP contribution is -2.14. The standard InChI is InChI=1S/C40H31N/c1-26-11-9-14-28(21-26)30-19-20-38-34(23-30)35-24-33-32-17-7-8-18-36(32)40(2,3)37(33)25-39(35)41(38)31-16-10-15-29(22-31)27-12-5-4-6-13-27/h4-25H,1-3H3. The van der Waals surface area contributed by atoms with Gasteiger partial charge in [-0.05, 0) is 87.8 Å². The normalized spacial score (nSPS) is 13.4. The second-order valence-corrected chi connectivity index (χ2v) is 11.9. The van der Waals surface area contributed by atoms with Crippen molar-refractivity contribution in [2.75, 3.05) is 0 Å². The van der Waals surface area contributed by atoms with Crippen LogP contribution in [0.3, 0.4) is 0 Å². The third-order valence-corrected chi connectivity index (χ3v) is 9.03. The largest absolute Gasteiger partial charge is 0.309 e. The summed E-state index contributed by atoms with van der Waals surface area (Å²) in [4.78, 5) is 0. The van der Waals surface area contributed by atoms with Crippen molar-refractivity contribution in [3.8, 4) is 39.1 Å². The van der Waals surface area contributed by atoms with Crippen molar-refractivity contribution >= 4 is 21.8 Å². The molecule has 0 unspecified atom stereocenters. The fourth-order valence-corrected chi connectivity index (χ4v) is 6.95. The molecule has 6 aromatic carbocycles. The maximum atomic E-state index is 2.47. The predicted octanol–water partition coefficient (Wildman–Crippen LogP) is 10.7. The first kappa shape index (κ1) is 24.0. The molecule has 0 aliphatic heterocycles. The molecule has 1 aliphatic rings. The molecule has 1 heteroatoms. The van der Waals surface area contributed by atoms with Gasteiger partial charge < -0.3 is 4.57 Å². The maximum Gasteiger partial charge on any atom is 0.0544 e. The minimum absolute atomic E-state index is 0.0555. The maximum absolute atomic E-state index is 2.47. The first-order valence-electron chi connectivity index (χ1n) is 14.4.